The van der Waals surface area contributed by atoms with E-state index >= 15 is 0 Å². The van der Waals surface area contributed by atoms with Crippen molar-refractivity contribution in [2.75, 3.05) is 19.7 Å². The fourth-order valence-corrected chi connectivity index (χ4v) is 5.14. The molecule has 1 aliphatic rings. The normalized spacial score (nSPS) is 16.7. The molecule has 160 valence electrons. The Morgan fingerprint density at radius 3 is 2.57 bits per heavy atom. The molecule has 1 unspecified atom stereocenters. The van der Waals surface area contributed by atoms with Crippen LogP contribution >= 0.6 is 11.3 Å². The molecule has 2 aromatic heterocycles. The second-order valence-corrected chi connectivity index (χ2v) is 8.49. The molecule has 30 heavy (non-hydrogen) atoms. The topological polar surface area (TPSA) is 106 Å². The van der Waals surface area contributed by atoms with E-state index in [9.17, 15) is 9.90 Å². The average Bonchev–Trinajstić information content (AvgIpc) is 3.29. The van der Waals surface area contributed by atoms with Crippen molar-refractivity contribution in [1.82, 2.24) is 19.5 Å². The van der Waals surface area contributed by atoms with Crippen molar-refractivity contribution >= 4 is 22.2 Å². The average molecular weight is 430 g/mol. The second kappa shape index (κ2) is 8.61. The number of aryl methyl sites for hydroxylation is 1. The number of nitrogens with zero attached hydrogens (tertiary/aromatic N) is 4. The highest BCUT2D eigenvalue weighted by atomic mass is 32.1. The van der Waals surface area contributed by atoms with E-state index in [2.05, 4.69) is 15.0 Å². The number of benzene rings is 1. The first kappa shape index (κ1) is 20.6. The van der Waals surface area contributed by atoms with E-state index in [1.807, 2.05) is 38.1 Å². The molecule has 1 saturated heterocycles. The van der Waals surface area contributed by atoms with Gasteiger partial charge in [0.2, 0.25) is 16.7 Å². The molecule has 0 saturated carbocycles. The van der Waals surface area contributed by atoms with Gasteiger partial charge in [-0.2, -0.15) is 4.52 Å². The Bertz CT molecular complexity index is 1020. The van der Waals surface area contributed by atoms with Crippen LogP contribution in [0.25, 0.3) is 4.96 Å². The molecule has 1 amide bonds. The maximum absolute atomic E-state index is 11.6. The predicted molar refractivity (Wildman–Crippen MR) is 115 cm³/mol. The number of thiazole rings is 1. The molecule has 1 aromatic carbocycles. The van der Waals surface area contributed by atoms with Crippen LogP contribution in [-0.4, -0.2) is 50.2 Å². The Morgan fingerprint density at radius 2 is 2.00 bits per heavy atom. The highest BCUT2D eigenvalue weighted by Crippen LogP contribution is 2.41. The molecule has 0 spiro atoms. The maximum Gasteiger partial charge on any atom is 0.230 e. The van der Waals surface area contributed by atoms with Crippen molar-refractivity contribution in [3.05, 3.63) is 40.5 Å². The summed E-state index contributed by atoms with van der Waals surface area (Å²) in [6, 6.07) is 7.80. The third-order valence-corrected chi connectivity index (χ3v) is 6.68. The fraction of sp³-hybridized carbons (Fsp3) is 0.476. The number of rotatable bonds is 7. The number of ether oxygens (including phenoxy) is 1. The van der Waals surface area contributed by atoms with Gasteiger partial charge in [0.25, 0.3) is 0 Å². The quantitative estimate of drug-likeness (QED) is 0.598. The SMILES string of the molecule is CCOc1ccc(C(c2sc3nc(CC)nn3c2O)N2CCC(C(N)=O)CC2)cc1. The number of aromatic hydroxyl groups is 1. The Morgan fingerprint density at radius 1 is 1.30 bits per heavy atom. The highest BCUT2D eigenvalue weighted by molar-refractivity contribution is 7.17. The predicted octanol–water partition coefficient (Wildman–Crippen LogP) is 2.74. The summed E-state index contributed by atoms with van der Waals surface area (Å²) in [6.07, 6.45) is 2.14. The van der Waals surface area contributed by atoms with E-state index in [-0.39, 0.29) is 23.7 Å². The van der Waals surface area contributed by atoms with Crippen LogP contribution in [-0.2, 0) is 11.2 Å². The van der Waals surface area contributed by atoms with E-state index in [0.717, 1.165) is 29.3 Å². The van der Waals surface area contributed by atoms with Gasteiger partial charge in [-0.1, -0.05) is 30.4 Å². The fourth-order valence-electron chi connectivity index (χ4n) is 4.00. The smallest absolute Gasteiger partial charge is 0.230 e. The summed E-state index contributed by atoms with van der Waals surface area (Å²) in [7, 11) is 0. The first-order chi connectivity index (χ1) is 14.5. The van der Waals surface area contributed by atoms with Crippen LogP contribution in [0.15, 0.2) is 24.3 Å². The summed E-state index contributed by atoms with van der Waals surface area (Å²) in [6.45, 7) is 5.99. The van der Waals surface area contributed by atoms with Crippen LogP contribution in [0.2, 0.25) is 0 Å². The van der Waals surface area contributed by atoms with E-state index in [0.29, 0.717) is 36.7 Å². The zero-order chi connectivity index (χ0) is 21.3. The van der Waals surface area contributed by atoms with Gasteiger partial charge in [-0.25, -0.2) is 4.98 Å². The van der Waals surface area contributed by atoms with Crippen molar-refractivity contribution in [2.45, 2.75) is 39.2 Å². The zero-order valence-electron chi connectivity index (χ0n) is 17.2. The van der Waals surface area contributed by atoms with Gasteiger partial charge in [0.1, 0.15) is 5.75 Å². The lowest BCUT2D eigenvalue weighted by Gasteiger charge is -2.36. The zero-order valence-corrected chi connectivity index (χ0v) is 18.1. The molecule has 0 bridgehead atoms. The van der Waals surface area contributed by atoms with Crippen molar-refractivity contribution < 1.29 is 14.6 Å². The molecule has 9 heteroatoms. The molecule has 4 rings (SSSR count). The third kappa shape index (κ3) is 3.87. The standard InChI is InChI=1S/C21H27N5O3S/c1-3-16-23-21-26(24-16)20(28)18(30-21)17(13-5-7-15(8-6-13)29-4-2)25-11-9-14(10-12-25)19(22)27/h5-8,14,17,28H,3-4,9-12H2,1-2H3,(H2,22,27). The highest BCUT2D eigenvalue weighted by Gasteiger charge is 2.33. The number of nitrogens with two attached hydrogens (primary N) is 1. The molecule has 3 aromatic rings. The molecule has 3 N–H and O–H groups in total. The van der Waals surface area contributed by atoms with Crippen LogP contribution < -0.4 is 10.5 Å². The van der Waals surface area contributed by atoms with Crippen molar-refractivity contribution in [3.63, 3.8) is 0 Å². The number of likely N-dealkylation sites (tertiary alicyclic amines) is 1. The monoisotopic (exact) mass is 429 g/mol. The number of aromatic nitrogens is 3. The second-order valence-electron chi connectivity index (χ2n) is 7.48. The summed E-state index contributed by atoms with van der Waals surface area (Å²) < 4.78 is 7.11. The largest absolute Gasteiger partial charge is 0.494 e. The molecule has 1 aliphatic heterocycles. The minimum absolute atomic E-state index is 0.0924. The van der Waals surface area contributed by atoms with Gasteiger partial charge >= 0.3 is 0 Å². The molecule has 8 nitrogen and oxygen atoms in total. The molecular weight excluding hydrogens is 402 g/mol. The molecule has 1 fully saturated rings. The summed E-state index contributed by atoms with van der Waals surface area (Å²) in [5.74, 6) is 1.32. The van der Waals surface area contributed by atoms with Crippen LogP contribution in [0.3, 0.4) is 0 Å². The summed E-state index contributed by atoms with van der Waals surface area (Å²) in [4.78, 5) is 19.9. The van der Waals surface area contributed by atoms with Gasteiger partial charge in [-0.15, -0.1) is 5.10 Å². The van der Waals surface area contributed by atoms with Gasteiger partial charge in [0.15, 0.2) is 5.82 Å². The number of carbonyl (C=O) groups excluding carboxylic acids is 1. The van der Waals surface area contributed by atoms with E-state index < -0.39 is 0 Å². The number of amides is 1. The van der Waals surface area contributed by atoms with Gasteiger partial charge in [0.05, 0.1) is 17.5 Å². The molecule has 0 radical (unpaired) electrons. The number of primary amides is 1. The van der Waals surface area contributed by atoms with Gasteiger partial charge in [0, 0.05) is 12.3 Å². The number of hydrogen-bond acceptors (Lipinski definition) is 7. The summed E-state index contributed by atoms with van der Waals surface area (Å²) >= 11 is 1.45. The molecular formula is C21H27N5O3S. The van der Waals surface area contributed by atoms with Gasteiger partial charge < -0.3 is 15.6 Å². The lowest BCUT2D eigenvalue weighted by atomic mass is 9.93. The van der Waals surface area contributed by atoms with Crippen LogP contribution in [0.1, 0.15) is 49.0 Å². The van der Waals surface area contributed by atoms with E-state index in [1.165, 1.54) is 15.9 Å². The number of hydrogen-bond donors (Lipinski definition) is 2. The summed E-state index contributed by atoms with van der Waals surface area (Å²) in [5.41, 5.74) is 6.56. The Labute approximate surface area is 179 Å². The van der Waals surface area contributed by atoms with Crippen molar-refractivity contribution in [1.29, 1.82) is 0 Å². The van der Waals surface area contributed by atoms with Crippen molar-refractivity contribution in [3.8, 4) is 11.6 Å². The first-order valence-corrected chi connectivity index (χ1v) is 11.2. The summed E-state index contributed by atoms with van der Waals surface area (Å²) in [5, 5.41) is 15.4. The molecule has 1 atom stereocenters. The molecule has 0 aliphatic carbocycles. The molecule has 3 heterocycles. The van der Waals surface area contributed by atoms with E-state index in [1.54, 1.807) is 0 Å². The first-order valence-electron chi connectivity index (χ1n) is 10.3. The van der Waals surface area contributed by atoms with Gasteiger partial charge in [-0.3, -0.25) is 9.69 Å². The lowest BCUT2D eigenvalue weighted by Crippen LogP contribution is -2.40. The van der Waals surface area contributed by atoms with Gasteiger partial charge in [-0.05, 0) is 50.6 Å². The van der Waals surface area contributed by atoms with Crippen molar-refractivity contribution in [2.24, 2.45) is 11.7 Å². The lowest BCUT2D eigenvalue weighted by molar-refractivity contribution is -0.123. The van der Waals surface area contributed by atoms with E-state index in [4.69, 9.17) is 10.5 Å². The maximum atomic E-state index is 11.6. The Hall–Kier alpha value is -2.65. The number of fused-ring (bicyclic) bond motifs is 1. The third-order valence-electron chi connectivity index (χ3n) is 5.61. The minimum Gasteiger partial charge on any atom is -0.494 e. The Balaban J connectivity index is 1.71. The Kier molecular flexibility index (Phi) is 5.92. The van der Waals surface area contributed by atoms with Crippen LogP contribution in [0.4, 0.5) is 0 Å². The minimum atomic E-state index is -0.235. The number of carbonyl (C=O) groups is 1. The van der Waals surface area contributed by atoms with Crippen LogP contribution in [0.5, 0.6) is 11.6 Å². The van der Waals surface area contributed by atoms with Crippen LogP contribution in [0, 0.1) is 5.92 Å². The number of piperidine rings is 1.